The Bertz CT molecular complexity index is 733. The fourth-order valence-electron chi connectivity index (χ4n) is 2.58. The lowest BCUT2D eigenvalue weighted by Gasteiger charge is -2.07. The van der Waals surface area contributed by atoms with Crippen molar-refractivity contribution in [1.29, 1.82) is 0 Å². The number of Topliss-reactive ketones (excluding diaryl/α,β-unsaturated/α-hetero) is 1. The Hall–Kier alpha value is -3.02. The first-order chi connectivity index (χ1) is 12.4. The molecule has 0 aliphatic rings. The van der Waals surface area contributed by atoms with Gasteiger partial charge in [0.2, 0.25) is 5.78 Å². The van der Waals surface area contributed by atoms with E-state index in [-0.39, 0.29) is 23.7 Å². The van der Waals surface area contributed by atoms with Crippen LogP contribution in [-0.4, -0.2) is 33.6 Å². The number of nitrogens with one attached hydrogen (secondary N) is 1. The fraction of sp³-hybridized carbons (Fsp3) is 0.300. The van der Waals surface area contributed by atoms with E-state index in [9.17, 15) is 24.9 Å². The van der Waals surface area contributed by atoms with Crippen molar-refractivity contribution in [3.63, 3.8) is 0 Å². The number of carbonyl (C=O) groups excluding carboxylic acids is 2. The van der Waals surface area contributed by atoms with Gasteiger partial charge in [-0.25, -0.2) is 0 Å². The van der Waals surface area contributed by atoms with Crippen LogP contribution in [0.15, 0.2) is 36.4 Å². The average Bonchev–Trinajstić information content (AvgIpc) is 2.61. The number of aryl methyl sites for hydroxylation is 2. The van der Waals surface area contributed by atoms with E-state index >= 15 is 0 Å². The summed E-state index contributed by atoms with van der Waals surface area (Å²) >= 11 is 0. The van der Waals surface area contributed by atoms with Gasteiger partial charge < -0.3 is 20.6 Å². The zero-order valence-electron chi connectivity index (χ0n) is 14.7. The standard InChI is InChI=1S/C20H23NO5/c1-13-11-15(5-7-16(13)22)9-10-21-20(26)18(24)4-2-3-14-6-8-17(23)19(25)12-14/h5-8,11-12,22-23,25H,2-4,9-10H2,1H3,(H,21,26). The number of carbonyl (C=O) groups is 2. The number of hydrogen-bond acceptors (Lipinski definition) is 5. The number of rotatable bonds is 8. The van der Waals surface area contributed by atoms with Crippen molar-refractivity contribution >= 4 is 11.7 Å². The van der Waals surface area contributed by atoms with Crippen molar-refractivity contribution in [1.82, 2.24) is 5.32 Å². The molecular weight excluding hydrogens is 334 g/mol. The smallest absolute Gasteiger partial charge is 0.287 e. The van der Waals surface area contributed by atoms with Crippen LogP contribution in [0.1, 0.15) is 29.5 Å². The first-order valence-corrected chi connectivity index (χ1v) is 8.47. The second-order valence-electron chi connectivity index (χ2n) is 6.23. The molecule has 2 aromatic carbocycles. The van der Waals surface area contributed by atoms with Crippen LogP contribution < -0.4 is 5.32 Å². The molecule has 1 amide bonds. The molecule has 26 heavy (non-hydrogen) atoms. The molecule has 0 aromatic heterocycles. The number of aromatic hydroxyl groups is 3. The van der Waals surface area contributed by atoms with Crippen molar-refractivity contribution < 1.29 is 24.9 Å². The van der Waals surface area contributed by atoms with Gasteiger partial charge in [0.25, 0.3) is 5.91 Å². The van der Waals surface area contributed by atoms with Crippen LogP contribution in [0.2, 0.25) is 0 Å². The molecular formula is C20H23NO5. The molecule has 0 heterocycles. The quantitative estimate of drug-likeness (QED) is 0.429. The van der Waals surface area contributed by atoms with E-state index in [1.54, 1.807) is 25.1 Å². The lowest BCUT2D eigenvalue weighted by molar-refractivity contribution is -0.137. The lowest BCUT2D eigenvalue weighted by Crippen LogP contribution is -2.32. The monoisotopic (exact) mass is 357 g/mol. The molecule has 0 bridgehead atoms. The zero-order chi connectivity index (χ0) is 19.1. The predicted octanol–water partition coefficient (Wildman–Crippen LogP) is 2.36. The Labute approximate surface area is 152 Å². The number of benzene rings is 2. The minimum absolute atomic E-state index is 0.117. The van der Waals surface area contributed by atoms with Gasteiger partial charge in [-0.15, -0.1) is 0 Å². The highest BCUT2D eigenvalue weighted by atomic mass is 16.3. The molecule has 0 aliphatic heterocycles. The van der Waals surface area contributed by atoms with E-state index in [1.807, 2.05) is 6.07 Å². The van der Waals surface area contributed by atoms with E-state index in [0.29, 0.717) is 25.8 Å². The van der Waals surface area contributed by atoms with Crippen LogP contribution in [0.3, 0.4) is 0 Å². The molecule has 2 rings (SSSR count). The summed E-state index contributed by atoms with van der Waals surface area (Å²) < 4.78 is 0. The minimum atomic E-state index is -0.603. The number of ketones is 1. The Kier molecular flexibility index (Phi) is 6.60. The summed E-state index contributed by atoms with van der Waals surface area (Å²) in [5, 5.41) is 30.8. The summed E-state index contributed by atoms with van der Waals surface area (Å²) in [5.74, 6) is -1.23. The van der Waals surface area contributed by atoms with Gasteiger partial charge in [-0.2, -0.15) is 0 Å². The molecule has 6 nitrogen and oxygen atoms in total. The third-order valence-corrected chi connectivity index (χ3v) is 4.12. The zero-order valence-corrected chi connectivity index (χ0v) is 14.7. The van der Waals surface area contributed by atoms with Crippen molar-refractivity contribution in [3.8, 4) is 17.2 Å². The van der Waals surface area contributed by atoms with Crippen molar-refractivity contribution in [2.24, 2.45) is 0 Å². The molecule has 138 valence electrons. The van der Waals surface area contributed by atoms with Crippen molar-refractivity contribution in [2.75, 3.05) is 6.54 Å². The van der Waals surface area contributed by atoms with E-state index < -0.39 is 11.7 Å². The average molecular weight is 357 g/mol. The Morgan fingerprint density at radius 3 is 2.19 bits per heavy atom. The second kappa shape index (κ2) is 8.89. The van der Waals surface area contributed by atoms with Crippen LogP contribution in [0.5, 0.6) is 17.2 Å². The van der Waals surface area contributed by atoms with Crippen LogP contribution in [-0.2, 0) is 22.4 Å². The molecule has 0 saturated heterocycles. The highest BCUT2D eigenvalue weighted by molar-refractivity contribution is 6.36. The van der Waals surface area contributed by atoms with Crippen LogP contribution >= 0.6 is 0 Å². The maximum absolute atomic E-state index is 11.9. The van der Waals surface area contributed by atoms with Gasteiger partial charge in [0, 0.05) is 13.0 Å². The van der Waals surface area contributed by atoms with E-state index in [2.05, 4.69) is 5.32 Å². The summed E-state index contributed by atoms with van der Waals surface area (Å²) in [7, 11) is 0. The number of hydrogen-bond donors (Lipinski definition) is 4. The summed E-state index contributed by atoms with van der Waals surface area (Å²) in [6.45, 7) is 2.15. The molecule has 0 aliphatic carbocycles. The molecule has 0 radical (unpaired) electrons. The fourth-order valence-corrected chi connectivity index (χ4v) is 2.58. The summed E-state index contributed by atoms with van der Waals surface area (Å²) in [4.78, 5) is 23.7. The first-order valence-electron chi connectivity index (χ1n) is 8.47. The van der Waals surface area contributed by atoms with Gasteiger partial charge in [0.05, 0.1) is 0 Å². The molecule has 0 fully saturated rings. The number of phenolic OH excluding ortho intramolecular Hbond substituents is 3. The molecule has 0 unspecified atom stereocenters. The normalized spacial score (nSPS) is 10.5. The first kappa shape index (κ1) is 19.3. The van der Waals surface area contributed by atoms with Gasteiger partial charge >= 0.3 is 0 Å². The molecule has 6 heteroatoms. The van der Waals surface area contributed by atoms with Gasteiger partial charge in [-0.05, 0) is 61.1 Å². The largest absolute Gasteiger partial charge is 0.508 e. The van der Waals surface area contributed by atoms with Gasteiger partial charge in [0.15, 0.2) is 11.5 Å². The topological polar surface area (TPSA) is 107 Å². The highest BCUT2D eigenvalue weighted by Gasteiger charge is 2.13. The van der Waals surface area contributed by atoms with E-state index in [4.69, 9.17) is 0 Å². The number of amides is 1. The molecule has 4 N–H and O–H groups in total. The molecule has 2 aromatic rings. The van der Waals surface area contributed by atoms with Crippen molar-refractivity contribution in [2.45, 2.75) is 32.6 Å². The summed E-state index contributed by atoms with van der Waals surface area (Å²) in [6, 6.07) is 9.74. The maximum atomic E-state index is 11.9. The molecule has 0 spiro atoms. The minimum Gasteiger partial charge on any atom is -0.508 e. The second-order valence-corrected chi connectivity index (χ2v) is 6.23. The Morgan fingerprint density at radius 1 is 0.885 bits per heavy atom. The third-order valence-electron chi connectivity index (χ3n) is 4.12. The predicted molar refractivity (Wildman–Crippen MR) is 97.3 cm³/mol. The van der Waals surface area contributed by atoms with E-state index in [1.165, 1.54) is 12.1 Å². The summed E-state index contributed by atoms with van der Waals surface area (Å²) in [6.07, 6.45) is 1.70. The van der Waals surface area contributed by atoms with Gasteiger partial charge in [0.1, 0.15) is 5.75 Å². The molecule has 0 atom stereocenters. The maximum Gasteiger partial charge on any atom is 0.287 e. The SMILES string of the molecule is Cc1cc(CCNC(=O)C(=O)CCCc2ccc(O)c(O)c2)ccc1O. The van der Waals surface area contributed by atoms with Crippen LogP contribution in [0.4, 0.5) is 0 Å². The summed E-state index contributed by atoms with van der Waals surface area (Å²) in [5.41, 5.74) is 2.53. The lowest BCUT2D eigenvalue weighted by atomic mass is 10.1. The van der Waals surface area contributed by atoms with Crippen LogP contribution in [0.25, 0.3) is 0 Å². The highest BCUT2D eigenvalue weighted by Crippen LogP contribution is 2.25. The van der Waals surface area contributed by atoms with Crippen LogP contribution in [0, 0.1) is 6.92 Å². The van der Waals surface area contributed by atoms with E-state index in [0.717, 1.165) is 16.7 Å². The Balaban J connectivity index is 1.70. The Morgan fingerprint density at radius 2 is 1.54 bits per heavy atom. The van der Waals surface area contributed by atoms with Gasteiger partial charge in [-0.3, -0.25) is 9.59 Å². The van der Waals surface area contributed by atoms with Crippen molar-refractivity contribution in [3.05, 3.63) is 53.1 Å². The van der Waals surface area contributed by atoms with Gasteiger partial charge in [-0.1, -0.05) is 18.2 Å². The third kappa shape index (κ3) is 5.51. The number of phenols is 3. The molecule has 0 saturated carbocycles.